The van der Waals surface area contributed by atoms with E-state index < -0.39 is 12.2 Å². The summed E-state index contributed by atoms with van der Waals surface area (Å²) in [6, 6.07) is 5.30. The molecule has 0 aliphatic carbocycles. The van der Waals surface area contributed by atoms with Gasteiger partial charge in [-0.05, 0) is 57.7 Å². The van der Waals surface area contributed by atoms with Crippen molar-refractivity contribution in [1.29, 1.82) is 0 Å². The van der Waals surface area contributed by atoms with Crippen molar-refractivity contribution < 1.29 is 23.9 Å². The molecule has 2 heterocycles. The van der Waals surface area contributed by atoms with Crippen LogP contribution in [-0.2, 0) is 14.3 Å². The number of likely N-dealkylation sites (tertiary alicyclic amines) is 1. The third-order valence-electron chi connectivity index (χ3n) is 6.50. The molecular weight excluding hydrogens is 450 g/mol. The lowest BCUT2D eigenvalue weighted by molar-refractivity contribution is -0.131. The summed E-state index contributed by atoms with van der Waals surface area (Å²) >= 11 is 0. The molecule has 2 atom stereocenters. The van der Waals surface area contributed by atoms with Gasteiger partial charge in [-0.3, -0.25) is 14.6 Å². The first-order valence-corrected chi connectivity index (χ1v) is 12.4. The first kappa shape index (κ1) is 26.7. The Labute approximate surface area is 207 Å². The Bertz CT molecular complexity index is 902. The lowest BCUT2D eigenvalue weighted by Crippen LogP contribution is -2.52. The van der Waals surface area contributed by atoms with E-state index >= 15 is 0 Å². The van der Waals surface area contributed by atoms with Gasteiger partial charge >= 0.3 is 12.2 Å². The van der Waals surface area contributed by atoms with E-state index in [0.717, 1.165) is 31.5 Å². The quantitative estimate of drug-likeness (QED) is 0.605. The van der Waals surface area contributed by atoms with Crippen molar-refractivity contribution in [2.75, 3.05) is 56.2 Å². The Kier molecular flexibility index (Phi) is 9.33. The maximum absolute atomic E-state index is 12.9. The molecule has 2 aliphatic heterocycles. The number of carbonyl (C=O) groups is 3. The number of anilines is 2. The van der Waals surface area contributed by atoms with Gasteiger partial charge in [0, 0.05) is 32.1 Å². The Morgan fingerprint density at radius 3 is 2.46 bits per heavy atom. The zero-order chi connectivity index (χ0) is 25.5. The molecule has 10 heteroatoms. The molecule has 3 N–H and O–H groups in total. The van der Waals surface area contributed by atoms with Crippen molar-refractivity contribution in [3.05, 3.63) is 23.8 Å². The highest BCUT2D eigenvalue weighted by Gasteiger charge is 2.37. The molecule has 1 unspecified atom stereocenters. The highest BCUT2D eigenvalue weighted by atomic mass is 16.6. The fourth-order valence-electron chi connectivity index (χ4n) is 4.66. The average molecular weight is 490 g/mol. The highest BCUT2D eigenvalue weighted by molar-refractivity contribution is 6.01. The monoisotopic (exact) mass is 489 g/mol. The number of rotatable bonds is 7. The Morgan fingerprint density at radius 2 is 1.83 bits per heavy atom. The number of nitrogens with one attached hydrogen (secondary N) is 1. The standard InChI is InChI=1S/C25H39N5O5/c1-17(2)35-24(32)29-16-18(3)30(25(33)34-4)21-9-8-19(12-22(21)29)20(13-26)14-27-15-23(31)28-10-6-5-7-11-28/h8-9,12,17-18,20,27H,5-7,10-11,13-16,26H2,1-4H3/t18-,20?/m0/s1. The Balaban J connectivity index is 1.80. The van der Waals surface area contributed by atoms with Crippen LogP contribution in [0.1, 0.15) is 51.5 Å². The van der Waals surface area contributed by atoms with Gasteiger partial charge in [-0.1, -0.05) is 6.07 Å². The zero-order valence-electron chi connectivity index (χ0n) is 21.3. The largest absolute Gasteiger partial charge is 0.452 e. The highest BCUT2D eigenvalue weighted by Crippen LogP contribution is 2.38. The molecule has 0 radical (unpaired) electrons. The number of nitrogens with two attached hydrogens (primary N) is 1. The number of piperidine rings is 1. The molecule has 1 fully saturated rings. The minimum Gasteiger partial charge on any atom is -0.452 e. The molecule has 1 saturated heterocycles. The van der Waals surface area contributed by atoms with Crippen LogP contribution in [0.2, 0.25) is 0 Å². The van der Waals surface area contributed by atoms with Crippen molar-refractivity contribution >= 4 is 29.5 Å². The van der Waals surface area contributed by atoms with E-state index in [1.165, 1.54) is 13.5 Å². The lowest BCUT2D eigenvalue weighted by atomic mass is 9.96. The molecule has 0 bridgehead atoms. The molecule has 194 valence electrons. The summed E-state index contributed by atoms with van der Waals surface area (Å²) in [5.74, 6) is 0.0274. The van der Waals surface area contributed by atoms with Gasteiger partial charge in [0.2, 0.25) is 5.91 Å². The second-order valence-corrected chi connectivity index (χ2v) is 9.49. The molecule has 3 rings (SSSR count). The van der Waals surface area contributed by atoms with Crippen molar-refractivity contribution in [3.8, 4) is 0 Å². The van der Waals surface area contributed by atoms with Crippen molar-refractivity contribution in [2.24, 2.45) is 5.73 Å². The fourth-order valence-corrected chi connectivity index (χ4v) is 4.66. The summed E-state index contributed by atoms with van der Waals surface area (Å²) in [4.78, 5) is 42.9. The summed E-state index contributed by atoms with van der Waals surface area (Å²) in [6.45, 7) is 8.51. The number of methoxy groups -OCH3 is 1. The molecule has 0 aromatic heterocycles. The van der Waals surface area contributed by atoms with Crippen LogP contribution >= 0.6 is 0 Å². The molecule has 1 aromatic rings. The summed E-state index contributed by atoms with van der Waals surface area (Å²) in [5.41, 5.74) is 8.15. The minimum atomic E-state index is -0.489. The van der Waals surface area contributed by atoms with Gasteiger partial charge in [0.25, 0.3) is 0 Å². The zero-order valence-corrected chi connectivity index (χ0v) is 21.3. The number of amides is 3. The average Bonchev–Trinajstić information content (AvgIpc) is 2.85. The Hall–Kier alpha value is -2.85. The van der Waals surface area contributed by atoms with E-state index in [-0.39, 0.29) is 37.1 Å². The van der Waals surface area contributed by atoms with Crippen LogP contribution < -0.4 is 20.9 Å². The van der Waals surface area contributed by atoms with Gasteiger partial charge in [0.15, 0.2) is 0 Å². The number of nitrogens with zero attached hydrogens (tertiary/aromatic N) is 3. The number of hydrogen-bond acceptors (Lipinski definition) is 7. The van der Waals surface area contributed by atoms with Crippen LogP contribution in [0.4, 0.5) is 21.0 Å². The predicted molar refractivity (Wildman–Crippen MR) is 135 cm³/mol. The normalized spacial score (nSPS) is 18.8. The first-order chi connectivity index (χ1) is 16.8. The van der Waals surface area contributed by atoms with Crippen molar-refractivity contribution in [3.63, 3.8) is 0 Å². The van der Waals surface area contributed by atoms with E-state index in [1.807, 2.05) is 30.0 Å². The first-order valence-electron chi connectivity index (χ1n) is 12.4. The van der Waals surface area contributed by atoms with Crippen molar-refractivity contribution in [2.45, 2.75) is 58.1 Å². The molecule has 1 aromatic carbocycles. The lowest BCUT2D eigenvalue weighted by Gasteiger charge is -2.40. The summed E-state index contributed by atoms with van der Waals surface area (Å²) in [5, 5.41) is 3.25. The molecular formula is C25H39N5O5. The Morgan fingerprint density at radius 1 is 1.11 bits per heavy atom. The van der Waals surface area contributed by atoms with Gasteiger partial charge in [-0.15, -0.1) is 0 Å². The van der Waals surface area contributed by atoms with E-state index in [9.17, 15) is 14.4 Å². The van der Waals surface area contributed by atoms with Crippen LogP contribution in [0, 0.1) is 0 Å². The van der Waals surface area contributed by atoms with Gasteiger partial charge < -0.3 is 25.4 Å². The van der Waals surface area contributed by atoms with Gasteiger partial charge in [0.05, 0.1) is 43.7 Å². The number of hydrogen-bond donors (Lipinski definition) is 2. The number of ether oxygens (including phenoxy) is 2. The summed E-state index contributed by atoms with van der Waals surface area (Å²) in [7, 11) is 1.34. The second-order valence-electron chi connectivity index (χ2n) is 9.49. The summed E-state index contributed by atoms with van der Waals surface area (Å²) < 4.78 is 10.5. The van der Waals surface area contributed by atoms with Crippen LogP contribution in [0.5, 0.6) is 0 Å². The maximum atomic E-state index is 12.9. The smallest absolute Gasteiger partial charge is 0.414 e. The third-order valence-corrected chi connectivity index (χ3v) is 6.50. The van der Waals surface area contributed by atoms with Crippen LogP contribution in [0.25, 0.3) is 0 Å². The van der Waals surface area contributed by atoms with E-state index in [4.69, 9.17) is 15.2 Å². The van der Waals surface area contributed by atoms with Crippen LogP contribution in [0.3, 0.4) is 0 Å². The van der Waals surface area contributed by atoms with Gasteiger partial charge in [-0.2, -0.15) is 0 Å². The third kappa shape index (κ3) is 6.43. The molecule has 2 aliphatic rings. The van der Waals surface area contributed by atoms with E-state index in [0.29, 0.717) is 24.5 Å². The molecule has 3 amide bonds. The van der Waals surface area contributed by atoms with Gasteiger partial charge in [0.1, 0.15) is 0 Å². The van der Waals surface area contributed by atoms with Gasteiger partial charge in [-0.25, -0.2) is 9.59 Å². The second kappa shape index (κ2) is 12.2. The van der Waals surface area contributed by atoms with Crippen molar-refractivity contribution in [1.82, 2.24) is 10.2 Å². The van der Waals surface area contributed by atoms with Crippen LogP contribution in [0.15, 0.2) is 18.2 Å². The summed E-state index contributed by atoms with van der Waals surface area (Å²) in [6.07, 6.45) is 2.06. The maximum Gasteiger partial charge on any atom is 0.414 e. The fraction of sp³-hybridized carbons (Fsp3) is 0.640. The SMILES string of the molecule is COC(=O)N1c2ccc(C(CN)CNCC(=O)N3CCCCC3)cc2N(C(=O)OC(C)C)C[C@@H]1C. The molecule has 0 saturated carbocycles. The molecule has 35 heavy (non-hydrogen) atoms. The predicted octanol–water partition coefficient (Wildman–Crippen LogP) is 2.66. The number of benzene rings is 1. The molecule has 10 nitrogen and oxygen atoms in total. The number of carbonyl (C=O) groups excluding carboxylic acids is 3. The number of fused-ring (bicyclic) bond motifs is 1. The minimum absolute atomic E-state index is 0.0802. The van der Waals surface area contributed by atoms with E-state index in [1.54, 1.807) is 23.6 Å². The molecule has 0 spiro atoms. The topological polar surface area (TPSA) is 117 Å². The van der Waals surface area contributed by atoms with Crippen LogP contribution in [-0.4, -0.2) is 81.5 Å². The van der Waals surface area contributed by atoms with E-state index in [2.05, 4.69) is 5.32 Å².